The Morgan fingerprint density at radius 1 is 1.43 bits per heavy atom. The van der Waals surface area contributed by atoms with E-state index in [4.69, 9.17) is 9.79 Å². The second-order valence-electron chi connectivity index (χ2n) is 2.24. The van der Waals surface area contributed by atoms with Crippen molar-refractivity contribution >= 4 is 13.8 Å². The van der Waals surface area contributed by atoms with Crippen LogP contribution in [0.5, 0.6) is 0 Å². The van der Waals surface area contributed by atoms with E-state index in [9.17, 15) is 9.36 Å². The van der Waals surface area contributed by atoms with Gasteiger partial charge in [-0.3, -0.25) is 4.52 Å². The standard InChI is InChI=1S/C6H11O6P.Ce/c1-5(2)6(7)11-3-4-12-13(8,9)10;/h1,3-4H2,2H3,(H2,8,9,10);. The molecule has 0 aliphatic rings. The fourth-order valence-corrected chi connectivity index (χ4v) is 0.726. The fraction of sp³-hybridized carbons (Fsp3) is 0.500. The minimum Gasteiger partial charge on any atom is -0.460 e. The molecule has 0 unspecified atom stereocenters. The summed E-state index contributed by atoms with van der Waals surface area (Å²) >= 11 is 0. The molecule has 0 aliphatic heterocycles. The molecule has 14 heavy (non-hydrogen) atoms. The molecule has 0 fully saturated rings. The minimum absolute atomic E-state index is 0. The molecule has 0 spiro atoms. The smallest absolute Gasteiger partial charge is 0.460 e. The molecular weight excluding hydrogens is 339 g/mol. The summed E-state index contributed by atoms with van der Waals surface area (Å²) in [5.41, 5.74) is 0.219. The van der Waals surface area contributed by atoms with Gasteiger partial charge in [-0.25, -0.2) is 9.36 Å². The maximum atomic E-state index is 10.7. The summed E-state index contributed by atoms with van der Waals surface area (Å²) in [5.74, 6) is -0.616. The largest absolute Gasteiger partial charge is 0.469 e. The molecule has 0 bridgehead atoms. The molecule has 2 N–H and O–H groups in total. The normalized spacial score (nSPS) is 10.2. The summed E-state index contributed by atoms with van der Waals surface area (Å²) in [6, 6.07) is 0. The van der Waals surface area contributed by atoms with Gasteiger partial charge in [0.05, 0.1) is 6.61 Å². The first-order chi connectivity index (χ1) is 5.83. The second kappa shape index (κ2) is 7.92. The SMILES string of the molecule is C=C(C)C(=O)OCCOP(=O)(O)O.[Ce]. The molecule has 0 aromatic heterocycles. The second-order valence-corrected chi connectivity index (χ2v) is 3.48. The van der Waals surface area contributed by atoms with Gasteiger partial charge >= 0.3 is 13.8 Å². The third kappa shape index (κ3) is 10.8. The van der Waals surface area contributed by atoms with Crippen LogP contribution < -0.4 is 0 Å². The number of phosphoric ester groups is 1. The van der Waals surface area contributed by atoms with E-state index in [-0.39, 0.29) is 60.5 Å². The Bertz CT molecular complexity index is 247. The van der Waals surface area contributed by atoms with Crippen LogP contribution in [0, 0.1) is 41.7 Å². The summed E-state index contributed by atoms with van der Waals surface area (Å²) in [6.07, 6.45) is 0. The first-order valence-corrected chi connectivity index (χ1v) is 4.88. The molecular formula is C6H11CeO6P. The van der Waals surface area contributed by atoms with Crippen LogP contribution in [0.3, 0.4) is 0 Å². The van der Waals surface area contributed by atoms with Gasteiger partial charge in [0.15, 0.2) is 0 Å². The van der Waals surface area contributed by atoms with E-state index >= 15 is 0 Å². The van der Waals surface area contributed by atoms with E-state index in [1.165, 1.54) is 6.92 Å². The van der Waals surface area contributed by atoms with E-state index < -0.39 is 13.8 Å². The number of phosphoric acid groups is 1. The first-order valence-electron chi connectivity index (χ1n) is 3.35. The zero-order chi connectivity index (χ0) is 10.5. The zero-order valence-electron chi connectivity index (χ0n) is 7.60. The molecule has 0 rings (SSSR count). The van der Waals surface area contributed by atoms with Crippen molar-refractivity contribution in [2.45, 2.75) is 6.92 Å². The third-order valence-electron chi connectivity index (χ3n) is 0.924. The Labute approximate surface area is 115 Å². The number of carbonyl (C=O) groups excluding carboxylic acids is 1. The molecule has 80 valence electrons. The van der Waals surface area contributed by atoms with Crippen molar-refractivity contribution in [2.75, 3.05) is 13.2 Å². The van der Waals surface area contributed by atoms with Gasteiger partial charge in [-0.2, -0.15) is 0 Å². The Morgan fingerprint density at radius 3 is 2.29 bits per heavy atom. The quantitative estimate of drug-likeness (QED) is 0.319. The van der Waals surface area contributed by atoms with Crippen LogP contribution in [0.15, 0.2) is 12.2 Å². The maximum Gasteiger partial charge on any atom is 0.469 e. The average molecular weight is 350 g/mol. The predicted octanol–water partition coefficient (Wildman–Crippen LogP) is 0.215. The molecule has 0 aromatic carbocycles. The number of ether oxygens (including phenoxy) is 1. The number of esters is 1. The summed E-state index contributed by atoms with van der Waals surface area (Å²) in [4.78, 5) is 27.1. The Morgan fingerprint density at radius 2 is 1.93 bits per heavy atom. The molecule has 0 atom stereocenters. The number of hydrogen-bond donors (Lipinski definition) is 2. The molecule has 6 nitrogen and oxygen atoms in total. The van der Waals surface area contributed by atoms with E-state index in [1.807, 2.05) is 0 Å². The van der Waals surface area contributed by atoms with Crippen LogP contribution in [-0.4, -0.2) is 29.0 Å². The predicted molar refractivity (Wildman–Crippen MR) is 43.8 cm³/mol. The molecule has 0 aromatic rings. The summed E-state index contributed by atoms with van der Waals surface area (Å²) in [7, 11) is -4.46. The molecule has 0 radical (unpaired) electrons. The topological polar surface area (TPSA) is 93.1 Å². The van der Waals surface area contributed by atoms with Crippen LogP contribution in [0.4, 0.5) is 0 Å². The monoisotopic (exact) mass is 350 g/mol. The van der Waals surface area contributed by atoms with Gasteiger partial charge in [-0.1, -0.05) is 6.58 Å². The van der Waals surface area contributed by atoms with E-state index in [2.05, 4.69) is 15.8 Å². The van der Waals surface area contributed by atoms with E-state index in [0.29, 0.717) is 0 Å². The molecule has 0 heterocycles. The Kier molecular flexibility index (Phi) is 9.68. The number of carbonyl (C=O) groups is 1. The van der Waals surface area contributed by atoms with Gasteiger partial charge in [0.2, 0.25) is 0 Å². The van der Waals surface area contributed by atoms with Gasteiger partial charge in [0, 0.05) is 47.3 Å². The van der Waals surface area contributed by atoms with Crippen LogP contribution >= 0.6 is 7.82 Å². The molecule has 0 amide bonds. The van der Waals surface area contributed by atoms with Gasteiger partial charge in [0.25, 0.3) is 0 Å². The zero-order valence-corrected chi connectivity index (χ0v) is 11.6. The molecule has 0 saturated heterocycles. The Balaban J connectivity index is 0. The molecule has 8 heteroatoms. The Hall–Kier alpha value is 0.697. The average Bonchev–Trinajstić information content (AvgIpc) is 1.95. The van der Waals surface area contributed by atoms with Crippen molar-refractivity contribution in [3.8, 4) is 0 Å². The van der Waals surface area contributed by atoms with Crippen molar-refractivity contribution < 1.29 is 70.2 Å². The number of hydrogen-bond acceptors (Lipinski definition) is 4. The van der Waals surface area contributed by atoms with Crippen LogP contribution in [0.1, 0.15) is 6.92 Å². The molecule has 0 aliphatic carbocycles. The minimum atomic E-state index is -4.46. The van der Waals surface area contributed by atoms with Crippen LogP contribution in [0.2, 0.25) is 0 Å². The first kappa shape index (κ1) is 17.1. The summed E-state index contributed by atoms with van der Waals surface area (Å²) < 4.78 is 18.6. The van der Waals surface area contributed by atoms with E-state index in [1.54, 1.807) is 0 Å². The summed E-state index contributed by atoms with van der Waals surface area (Å²) in [6.45, 7) is 4.22. The summed E-state index contributed by atoms with van der Waals surface area (Å²) in [5, 5.41) is 0. The van der Waals surface area contributed by atoms with Crippen molar-refractivity contribution in [3.63, 3.8) is 0 Å². The van der Waals surface area contributed by atoms with Gasteiger partial charge in [-0.05, 0) is 6.92 Å². The van der Waals surface area contributed by atoms with Crippen molar-refractivity contribution in [2.24, 2.45) is 0 Å². The third-order valence-corrected chi connectivity index (χ3v) is 1.44. The van der Waals surface area contributed by atoms with Crippen molar-refractivity contribution in [1.29, 1.82) is 0 Å². The van der Waals surface area contributed by atoms with Gasteiger partial charge < -0.3 is 14.5 Å². The van der Waals surface area contributed by atoms with Crippen molar-refractivity contribution in [1.82, 2.24) is 0 Å². The van der Waals surface area contributed by atoms with E-state index in [0.717, 1.165) is 0 Å². The number of rotatable bonds is 5. The fourth-order valence-electron chi connectivity index (χ4n) is 0.414. The van der Waals surface area contributed by atoms with Gasteiger partial charge in [-0.15, -0.1) is 0 Å². The van der Waals surface area contributed by atoms with Crippen molar-refractivity contribution in [3.05, 3.63) is 12.2 Å². The van der Waals surface area contributed by atoms with Crippen LogP contribution in [0.25, 0.3) is 0 Å². The maximum absolute atomic E-state index is 10.7. The van der Waals surface area contributed by atoms with Gasteiger partial charge in [0.1, 0.15) is 6.61 Å². The van der Waals surface area contributed by atoms with Crippen LogP contribution in [-0.2, 0) is 18.6 Å². The molecule has 0 saturated carbocycles.